The first kappa shape index (κ1) is 16.6. The van der Waals surface area contributed by atoms with Crippen LogP contribution in [0.2, 0.25) is 0 Å². The Morgan fingerprint density at radius 2 is 2.26 bits per heavy atom. The van der Waals surface area contributed by atoms with Crippen molar-refractivity contribution >= 4 is 35.1 Å². The van der Waals surface area contributed by atoms with Crippen molar-refractivity contribution in [3.05, 3.63) is 34.5 Å². The van der Waals surface area contributed by atoms with Gasteiger partial charge < -0.3 is 20.2 Å². The molecule has 10 heteroatoms. The Kier molecular flexibility index (Phi) is 5.06. The summed E-state index contributed by atoms with van der Waals surface area (Å²) in [5.41, 5.74) is 4.87. The predicted octanol–water partition coefficient (Wildman–Crippen LogP) is 0.851. The van der Waals surface area contributed by atoms with Crippen LogP contribution < -0.4 is 16.6 Å². The van der Waals surface area contributed by atoms with E-state index in [0.717, 1.165) is 11.8 Å². The normalized spacial score (nSPS) is 11.7. The number of carbonyl (C=O) groups is 2. The Morgan fingerprint density at radius 3 is 2.83 bits per heavy atom. The van der Waals surface area contributed by atoms with Crippen molar-refractivity contribution in [2.24, 2.45) is 0 Å². The third-order valence-electron chi connectivity index (χ3n) is 2.73. The molecule has 0 aliphatic rings. The lowest BCUT2D eigenvalue weighted by Crippen LogP contribution is -2.23. The van der Waals surface area contributed by atoms with Gasteiger partial charge in [-0.05, 0) is 19.1 Å². The second kappa shape index (κ2) is 7.01. The van der Waals surface area contributed by atoms with Gasteiger partial charge in [0.15, 0.2) is 22.4 Å². The van der Waals surface area contributed by atoms with Gasteiger partial charge in [0.1, 0.15) is 5.25 Å². The third-order valence-corrected chi connectivity index (χ3v) is 3.69. The molecule has 0 aliphatic carbocycles. The van der Waals surface area contributed by atoms with Crippen molar-refractivity contribution in [3.8, 4) is 0 Å². The summed E-state index contributed by atoms with van der Waals surface area (Å²) in [5.74, 6) is -1.24. The molecule has 122 valence electrons. The number of methoxy groups -OCH3 is 1. The number of anilines is 2. The van der Waals surface area contributed by atoms with E-state index in [1.165, 1.54) is 25.5 Å². The zero-order valence-electron chi connectivity index (χ0n) is 12.3. The molecule has 2 heterocycles. The molecule has 0 fully saturated rings. The van der Waals surface area contributed by atoms with Crippen molar-refractivity contribution in [3.63, 3.8) is 0 Å². The molecular formula is C13H14N4O5S. The number of nitrogens with two attached hydrogens (primary N) is 1. The quantitative estimate of drug-likeness (QED) is 0.414. The van der Waals surface area contributed by atoms with Crippen molar-refractivity contribution < 1.29 is 18.7 Å². The van der Waals surface area contributed by atoms with Gasteiger partial charge in [0, 0.05) is 0 Å². The third kappa shape index (κ3) is 3.92. The Hall–Kier alpha value is -2.75. The minimum Gasteiger partial charge on any atom is -0.468 e. The number of thioether (sulfide) groups is 1. The molecule has 0 aliphatic heterocycles. The van der Waals surface area contributed by atoms with Gasteiger partial charge in [0.2, 0.25) is 0 Å². The van der Waals surface area contributed by atoms with Crippen LogP contribution in [-0.2, 0) is 9.53 Å². The molecule has 23 heavy (non-hydrogen) atoms. The van der Waals surface area contributed by atoms with Crippen LogP contribution in [0.15, 0.2) is 32.8 Å². The molecule has 0 spiro atoms. The predicted molar refractivity (Wildman–Crippen MR) is 83.3 cm³/mol. The van der Waals surface area contributed by atoms with E-state index >= 15 is 0 Å². The zero-order chi connectivity index (χ0) is 17.0. The van der Waals surface area contributed by atoms with Crippen LogP contribution in [0, 0.1) is 0 Å². The number of carbonyl (C=O) groups excluding carboxylic acids is 2. The number of furan rings is 1. The second-order valence-corrected chi connectivity index (χ2v) is 5.68. The lowest BCUT2D eigenvalue weighted by Gasteiger charge is -2.10. The Balaban J connectivity index is 2.19. The number of aromatic amines is 1. The summed E-state index contributed by atoms with van der Waals surface area (Å²) in [6.45, 7) is 1.60. The number of ether oxygens (including phenoxy) is 1. The number of hydrogen-bond donors (Lipinski definition) is 3. The summed E-state index contributed by atoms with van der Waals surface area (Å²) in [5, 5.41) is 1.89. The topological polar surface area (TPSA) is 140 Å². The maximum absolute atomic E-state index is 12.0. The number of nitrogen functional groups attached to an aromatic ring is 1. The molecule has 2 aromatic rings. The maximum Gasteiger partial charge on any atom is 0.318 e. The summed E-state index contributed by atoms with van der Waals surface area (Å²) in [6.07, 6.45) is 1.33. The van der Waals surface area contributed by atoms with Crippen molar-refractivity contribution in [1.29, 1.82) is 0 Å². The van der Waals surface area contributed by atoms with Gasteiger partial charge in [-0.25, -0.2) is 4.98 Å². The van der Waals surface area contributed by atoms with Crippen molar-refractivity contribution in [2.75, 3.05) is 18.2 Å². The van der Waals surface area contributed by atoms with Crippen LogP contribution in [0.3, 0.4) is 0 Å². The molecule has 1 atom stereocenters. The van der Waals surface area contributed by atoms with Gasteiger partial charge >= 0.3 is 5.97 Å². The Morgan fingerprint density at radius 1 is 1.52 bits per heavy atom. The van der Waals surface area contributed by atoms with E-state index in [0.29, 0.717) is 0 Å². The monoisotopic (exact) mass is 338 g/mol. The molecule has 0 unspecified atom stereocenters. The molecular weight excluding hydrogens is 324 g/mol. The summed E-state index contributed by atoms with van der Waals surface area (Å²) in [7, 11) is 1.26. The molecule has 1 amide bonds. The van der Waals surface area contributed by atoms with E-state index in [9.17, 15) is 14.4 Å². The Labute approximate surface area is 134 Å². The smallest absolute Gasteiger partial charge is 0.318 e. The Bertz CT molecular complexity index is 771. The minimum atomic E-state index is -0.642. The number of nitrogens with zero attached hydrogens (tertiary/aromatic N) is 1. The molecule has 0 radical (unpaired) electrons. The molecule has 2 aromatic heterocycles. The largest absolute Gasteiger partial charge is 0.468 e. The van der Waals surface area contributed by atoms with Gasteiger partial charge in [-0.3, -0.25) is 19.4 Å². The number of amides is 1. The highest BCUT2D eigenvalue weighted by Crippen LogP contribution is 2.22. The van der Waals surface area contributed by atoms with Crippen molar-refractivity contribution in [2.45, 2.75) is 17.3 Å². The standard InChI is InChI=1S/C13H14N4O5S/c1-6(12(20)21-2)23-13-16-9(14)8(11(19)17-13)15-10(18)7-4-3-5-22-7/h3-6H,1-2H3,(H,15,18)(H3,14,16,17,19)/t6-/m0/s1. The van der Waals surface area contributed by atoms with Crippen LogP contribution >= 0.6 is 11.8 Å². The number of hydrogen-bond acceptors (Lipinski definition) is 8. The highest BCUT2D eigenvalue weighted by Gasteiger charge is 2.19. The van der Waals surface area contributed by atoms with Gasteiger partial charge in [-0.1, -0.05) is 11.8 Å². The van der Waals surface area contributed by atoms with Gasteiger partial charge in [0.05, 0.1) is 13.4 Å². The van der Waals surface area contributed by atoms with E-state index < -0.39 is 22.7 Å². The molecule has 0 aromatic carbocycles. The number of nitrogens with one attached hydrogen (secondary N) is 2. The van der Waals surface area contributed by atoms with Crippen LogP contribution in [0.1, 0.15) is 17.5 Å². The summed E-state index contributed by atoms with van der Waals surface area (Å²) < 4.78 is 9.51. The molecule has 9 nitrogen and oxygen atoms in total. The molecule has 0 bridgehead atoms. The average Bonchev–Trinajstić information content (AvgIpc) is 3.04. The van der Waals surface area contributed by atoms with E-state index in [1.54, 1.807) is 6.92 Å². The fraction of sp³-hybridized carbons (Fsp3) is 0.231. The summed E-state index contributed by atoms with van der Waals surface area (Å²) in [4.78, 5) is 41.7. The second-order valence-electron chi connectivity index (χ2n) is 4.35. The van der Waals surface area contributed by atoms with Crippen LogP contribution in [0.25, 0.3) is 0 Å². The fourth-order valence-corrected chi connectivity index (χ4v) is 2.44. The van der Waals surface area contributed by atoms with Crippen LogP contribution in [0.4, 0.5) is 11.5 Å². The number of rotatable bonds is 5. The number of esters is 1. The van der Waals surface area contributed by atoms with Gasteiger partial charge in [-0.2, -0.15) is 0 Å². The molecule has 0 saturated carbocycles. The average molecular weight is 338 g/mol. The first-order chi connectivity index (χ1) is 10.9. The SMILES string of the molecule is COC(=O)[C@H](C)Sc1nc(N)c(NC(=O)c2ccco2)c(=O)[nH]1. The van der Waals surface area contributed by atoms with E-state index in [1.807, 2.05) is 0 Å². The lowest BCUT2D eigenvalue weighted by atomic mass is 10.4. The minimum absolute atomic E-state index is 0.0292. The molecule has 2 rings (SSSR count). The van der Waals surface area contributed by atoms with Crippen LogP contribution in [0.5, 0.6) is 0 Å². The van der Waals surface area contributed by atoms with E-state index in [-0.39, 0.29) is 22.4 Å². The fourth-order valence-electron chi connectivity index (χ4n) is 1.61. The van der Waals surface area contributed by atoms with E-state index in [4.69, 9.17) is 10.2 Å². The van der Waals surface area contributed by atoms with Crippen LogP contribution in [-0.4, -0.2) is 34.2 Å². The van der Waals surface area contributed by atoms with Gasteiger partial charge in [-0.15, -0.1) is 0 Å². The molecule has 4 N–H and O–H groups in total. The zero-order valence-corrected chi connectivity index (χ0v) is 13.1. The van der Waals surface area contributed by atoms with Gasteiger partial charge in [0.25, 0.3) is 11.5 Å². The summed E-state index contributed by atoms with van der Waals surface area (Å²) >= 11 is 0.978. The molecule has 0 saturated heterocycles. The number of aromatic nitrogens is 2. The van der Waals surface area contributed by atoms with Crippen molar-refractivity contribution in [1.82, 2.24) is 9.97 Å². The lowest BCUT2D eigenvalue weighted by molar-refractivity contribution is -0.139. The highest BCUT2D eigenvalue weighted by molar-refractivity contribution is 8.00. The van der Waals surface area contributed by atoms with E-state index in [2.05, 4.69) is 20.0 Å². The first-order valence-corrected chi connectivity index (χ1v) is 7.29. The maximum atomic E-state index is 12.0. The summed E-state index contributed by atoms with van der Waals surface area (Å²) in [6, 6.07) is 2.98. The first-order valence-electron chi connectivity index (χ1n) is 6.41. The number of H-pyrrole nitrogens is 1. The highest BCUT2D eigenvalue weighted by atomic mass is 32.2.